The van der Waals surface area contributed by atoms with Crippen molar-refractivity contribution in [3.05, 3.63) is 0 Å². The molecular weight excluding hydrogens is 256 g/mol. The maximum atomic E-state index is 11.8. The van der Waals surface area contributed by atoms with Crippen molar-refractivity contribution in [3.63, 3.8) is 0 Å². The molecule has 4 amide bonds. The second-order valence-corrected chi connectivity index (χ2v) is 4.25. The van der Waals surface area contributed by atoms with Gasteiger partial charge in [-0.2, -0.15) is 0 Å². The van der Waals surface area contributed by atoms with Gasteiger partial charge in [0.1, 0.15) is 12.6 Å². The van der Waals surface area contributed by atoms with Crippen LogP contribution in [0, 0.1) is 0 Å². The van der Waals surface area contributed by atoms with Crippen LogP contribution in [0.2, 0.25) is 0 Å². The molecule has 9 heteroatoms. The Balaban J connectivity index is 2.59. The van der Waals surface area contributed by atoms with Crippen molar-refractivity contribution in [2.45, 2.75) is 12.5 Å². The van der Waals surface area contributed by atoms with Crippen LogP contribution in [-0.4, -0.2) is 71.4 Å². The molecule has 1 fully saturated rings. The van der Waals surface area contributed by atoms with Gasteiger partial charge in [0, 0.05) is 20.1 Å². The molecule has 1 heterocycles. The molecule has 0 aliphatic carbocycles. The van der Waals surface area contributed by atoms with Gasteiger partial charge in [0.05, 0.1) is 6.42 Å². The fourth-order valence-corrected chi connectivity index (χ4v) is 1.57. The fraction of sp³-hybridized carbons (Fsp3) is 0.600. The first kappa shape index (κ1) is 14.7. The summed E-state index contributed by atoms with van der Waals surface area (Å²) in [5.74, 6) is -2.42. The predicted molar refractivity (Wildman–Crippen MR) is 63.0 cm³/mol. The molecular formula is C10H16N4O5. The van der Waals surface area contributed by atoms with Crippen LogP contribution in [0.1, 0.15) is 6.42 Å². The monoisotopic (exact) mass is 272 g/mol. The van der Waals surface area contributed by atoms with E-state index in [-0.39, 0.29) is 12.5 Å². The molecule has 0 aromatic rings. The Morgan fingerprint density at radius 3 is 2.53 bits per heavy atom. The normalized spacial score (nSPS) is 17.0. The van der Waals surface area contributed by atoms with Crippen molar-refractivity contribution in [2.75, 3.05) is 26.7 Å². The van der Waals surface area contributed by atoms with Crippen LogP contribution in [0.25, 0.3) is 0 Å². The zero-order chi connectivity index (χ0) is 14.6. The van der Waals surface area contributed by atoms with E-state index in [1.807, 2.05) is 0 Å². The van der Waals surface area contributed by atoms with Gasteiger partial charge in [-0.3, -0.25) is 9.59 Å². The van der Waals surface area contributed by atoms with E-state index in [1.54, 1.807) is 7.05 Å². The average Bonchev–Trinajstić information content (AvgIpc) is 2.31. The van der Waals surface area contributed by atoms with E-state index in [0.717, 1.165) is 0 Å². The molecule has 19 heavy (non-hydrogen) atoms. The van der Waals surface area contributed by atoms with E-state index in [1.165, 1.54) is 9.80 Å². The Hall–Kier alpha value is -2.32. The van der Waals surface area contributed by atoms with Crippen LogP contribution in [0.4, 0.5) is 4.79 Å². The minimum atomic E-state index is -1.39. The van der Waals surface area contributed by atoms with Crippen LogP contribution < -0.4 is 11.1 Å². The highest BCUT2D eigenvalue weighted by Gasteiger charge is 2.28. The van der Waals surface area contributed by atoms with E-state index in [9.17, 15) is 19.2 Å². The lowest BCUT2D eigenvalue weighted by atomic mass is 10.2. The number of nitrogens with one attached hydrogen (secondary N) is 1. The number of carbonyl (C=O) groups is 4. The minimum Gasteiger partial charge on any atom is -0.480 e. The van der Waals surface area contributed by atoms with Crippen LogP contribution in [0.15, 0.2) is 0 Å². The van der Waals surface area contributed by atoms with Gasteiger partial charge in [0.2, 0.25) is 11.8 Å². The van der Waals surface area contributed by atoms with Gasteiger partial charge in [-0.1, -0.05) is 0 Å². The Kier molecular flexibility index (Phi) is 4.67. The number of carboxylic acid groups (broad SMARTS) is 1. The summed E-state index contributed by atoms with van der Waals surface area (Å²) in [4.78, 5) is 47.4. The third-order valence-electron chi connectivity index (χ3n) is 2.75. The number of amides is 4. The number of nitrogens with two attached hydrogens (primary N) is 1. The fourth-order valence-electron chi connectivity index (χ4n) is 1.57. The van der Waals surface area contributed by atoms with E-state index in [4.69, 9.17) is 10.8 Å². The predicted octanol–water partition coefficient (Wildman–Crippen LogP) is -2.20. The molecule has 0 saturated carbocycles. The second-order valence-electron chi connectivity index (χ2n) is 4.25. The number of hydrogen-bond acceptors (Lipinski definition) is 4. The first-order valence-electron chi connectivity index (χ1n) is 5.61. The van der Waals surface area contributed by atoms with Crippen LogP contribution in [0.3, 0.4) is 0 Å². The summed E-state index contributed by atoms with van der Waals surface area (Å²) in [5.41, 5.74) is 4.90. The third kappa shape index (κ3) is 4.12. The van der Waals surface area contributed by atoms with Crippen molar-refractivity contribution in [2.24, 2.45) is 5.73 Å². The summed E-state index contributed by atoms with van der Waals surface area (Å²) in [6.07, 6.45) is -0.497. The number of aliphatic carboxylic acids is 1. The van der Waals surface area contributed by atoms with E-state index >= 15 is 0 Å². The van der Waals surface area contributed by atoms with Gasteiger partial charge in [-0.05, 0) is 0 Å². The minimum absolute atomic E-state index is 0.120. The standard InChI is InChI=1S/C10H16N4O5/c1-13-2-3-14(5-8(13)16)10(19)12-6(9(17)18)4-7(11)15/h6H,2-5H2,1H3,(H2,11,15)(H,12,19)(H,17,18)/t6-/m0/s1. The number of carbonyl (C=O) groups excluding carboxylic acids is 3. The van der Waals surface area contributed by atoms with E-state index in [0.29, 0.717) is 13.1 Å². The Labute approximate surface area is 109 Å². The largest absolute Gasteiger partial charge is 0.480 e. The molecule has 1 rings (SSSR count). The SMILES string of the molecule is CN1CCN(C(=O)N[C@@H](CC(N)=O)C(=O)O)CC1=O. The topological polar surface area (TPSA) is 133 Å². The van der Waals surface area contributed by atoms with Crippen molar-refractivity contribution in [1.82, 2.24) is 15.1 Å². The van der Waals surface area contributed by atoms with Crippen molar-refractivity contribution in [1.29, 1.82) is 0 Å². The summed E-state index contributed by atoms with van der Waals surface area (Å²) < 4.78 is 0. The highest BCUT2D eigenvalue weighted by atomic mass is 16.4. The van der Waals surface area contributed by atoms with Gasteiger partial charge < -0.3 is 26.0 Å². The van der Waals surface area contributed by atoms with Crippen molar-refractivity contribution >= 4 is 23.8 Å². The third-order valence-corrected chi connectivity index (χ3v) is 2.75. The smallest absolute Gasteiger partial charge is 0.326 e. The highest BCUT2D eigenvalue weighted by molar-refractivity contribution is 5.89. The molecule has 1 aliphatic rings. The number of carboxylic acids is 1. The molecule has 1 saturated heterocycles. The molecule has 1 atom stereocenters. The lowest BCUT2D eigenvalue weighted by Gasteiger charge is -2.32. The maximum absolute atomic E-state index is 11.8. The maximum Gasteiger partial charge on any atom is 0.326 e. The lowest BCUT2D eigenvalue weighted by molar-refractivity contribution is -0.141. The van der Waals surface area contributed by atoms with E-state index < -0.39 is 30.4 Å². The number of nitrogens with zero attached hydrogens (tertiary/aromatic N) is 2. The zero-order valence-electron chi connectivity index (χ0n) is 10.5. The molecule has 0 aromatic carbocycles. The Morgan fingerprint density at radius 1 is 1.42 bits per heavy atom. The molecule has 0 aromatic heterocycles. The average molecular weight is 272 g/mol. The molecule has 0 bridgehead atoms. The molecule has 0 spiro atoms. The number of piperazine rings is 1. The zero-order valence-corrected chi connectivity index (χ0v) is 10.5. The number of rotatable bonds is 4. The summed E-state index contributed by atoms with van der Waals surface area (Å²) in [7, 11) is 1.62. The van der Waals surface area contributed by atoms with E-state index in [2.05, 4.69) is 5.32 Å². The van der Waals surface area contributed by atoms with Crippen LogP contribution >= 0.6 is 0 Å². The van der Waals surface area contributed by atoms with Gasteiger partial charge >= 0.3 is 12.0 Å². The van der Waals surface area contributed by atoms with Gasteiger partial charge in [-0.15, -0.1) is 0 Å². The molecule has 9 nitrogen and oxygen atoms in total. The van der Waals surface area contributed by atoms with Crippen LogP contribution in [0.5, 0.6) is 0 Å². The number of primary amides is 1. The molecule has 0 radical (unpaired) electrons. The lowest BCUT2D eigenvalue weighted by Crippen LogP contribution is -2.56. The van der Waals surface area contributed by atoms with Crippen LogP contribution in [-0.2, 0) is 14.4 Å². The Bertz CT molecular complexity index is 411. The quantitative estimate of drug-likeness (QED) is 0.534. The second kappa shape index (κ2) is 6.03. The Morgan fingerprint density at radius 2 is 2.05 bits per heavy atom. The van der Waals surface area contributed by atoms with Crippen molar-refractivity contribution < 1.29 is 24.3 Å². The van der Waals surface area contributed by atoms with Crippen molar-refractivity contribution in [3.8, 4) is 0 Å². The van der Waals surface area contributed by atoms with Gasteiger partial charge in [0.25, 0.3) is 0 Å². The molecule has 4 N–H and O–H groups in total. The van der Waals surface area contributed by atoms with Gasteiger partial charge in [0.15, 0.2) is 0 Å². The summed E-state index contributed by atoms with van der Waals surface area (Å²) in [6, 6.07) is -2.09. The number of urea groups is 1. The molecule has 1 aliphatic heterocycles. The summed E-state index contributed by atoms with van der Waals surface area (Å²) in [6.45, 7) is 0.558. The first-order valence-corrected chi connectivity index (χ1v) is 5.61. The molecule has 0 unspecified atom stereocenters. The summed E-state index contributed by atoms with van der Waals surface area (Å²) in [5, 5.41) is 11.0. The number of likely N-dealkylation sites (N-methyl/N-ethyl adjacent to an activating group) is 1. The molecule has 106 valence electrons. The number of hydrogen-bond donors (Lipinski definition) is 3. The highest BCUT2D eigenvalue weighted by Crippen LogP contribution is 2.02. The summed E-state index contributed by atoms with van der Waals surface area (Å²) >= 11 is 0. The van der Waals surface area contributed by atoms with Gasteiger partial charge in [-0.25, -0.2) is 9.59 Å². The first-order chi connectivity index (χ1) is 8.81.